The Labute approximate surface area is 104 Å². The summed E-state index contributed by atoms with van der Waals surface area (Å²) in [6, 6.07) is 0. The van der Waals surface area contributed by atoms with E-state index in [1.54, 1.807) is 0 Å². The first-order valence-electron chi connectivity index (χ1n) is 4.75. The number of aliphatic hydroxyl groups excluding tert-OH is 4. The lowest BCUT2D eigenvalue weighted by Gasteiger charge is -2.44. The summed E-state index contributed by atoms with van der Waals surface area (Å²) in [4.78, 5) is -4.20. The number of alkyl halides is 3. The topological polar surface area (TPSA) is 145 Å². The van der Waals surface area contributed by atoms with Crippen molar-refractivity contribution < 1.29 is 51.9 Å². The molecule has 8 nitrogen and oxygen atoms in total. The second-order valence-corrected chi connectivity index (χ2v) is 5.97. The van der Waals surface area contributed by atoms with Crippen molar-refractivity contribution >= 4 is 9.84 Å². The number of hydrogen-bond acceptors (Lipinski definition) is 8. The minimum Gasteiger partial charge on any atom is -0.394 e. The second-order valence-electron chi connectivity index (χ2n) is 3.85. The molecule has 1 aliphatic rings. The Morgan fingerprint density at radius 1 is 1.21 bits per heavy atom. The van der Waals surface area contributed by atoms with E-state index in [9.17, 15) is 42.0 Å². The van der Waals surface area contributed by atoms with Crippen LogP contribution in [0.5, 0.6) is 0 Å². The maximum absolute atomic E-state index is 12.4. The SMILES string of the molecule is O=S(=O)(C(F)(F)F)[C@]1(O)[C@@H](O)O[C@H](CO)[C@H](O)[C@@H]1O. The van der Waals surface area contributed by atoms with Crippen LogP contribution in [0.4, 0.5) is 13.2 Å². The predicted molar refractivity (Wildman–Crippen MR) is 49.9 cm³/mol. The van der Waals surface area contributed by atoms with E-state index in [4.69, 9.17) is 5.11 Å². The quantitative estimate of drug-likeness (QED) is 0.364. The summed E-state index contributed by atoms with van der Waals surface area (Å²) < 4.78 is 63.5. The normalized spacial score (nSPS) is 41.3. The molecule has 1 saturated heterocycles. The monoisotopic (exact) mass is 312 g/mol. The lowest BCUT2D eigenvalue weighted by Crippen LogP contribution is -2.71. The zero-order valence-corrected chi connectivity index (χ0v) is 9.84. The Morgan fingerprint density at radius 3 is 2.05 bits per heavy atom. The Bertz CT molecular complexity index is 436. The van der Waals surface area contributed by atoms with Crippen LogP contribution in [0.15, 0.2) is 0 Å². The lowest BCUT2D eigenvalue weighted by atomic mass is 9.99. The van der Waals surface area contributed by atoms with E-state index in [0.29, 0.717) is 0 Å². The van der Waals surface area contributed by atoms with Gasteiger partial charge in [0.05, 0.1) is 6.61 Å². The minimum absolute atomic E-state index is 1.03. The van der Waals surface area contributed by atoms with Gasteiger partial charge in [0.25, 0.3) is 14.8 Å². The van der Waals surface area contributed by atoms with Gasteiger partial charge in [0, 0.05) is 0 Å². The molecule has 1 aliphatic heterocycles. The van der Waals surface area contributed by atoms with Crippen molar-refractivity contribution in [3.8, 4) is 0 Å². The van der Waals surface area contributed by atoms with E-state index in [2.05, 4.69) is 4.74 Å². The van der Waals surface area contributed by atoms with Gasteiger partial charge in [-0.2, -0.15) is 13.2 Å². The van der Waals surface area contributed by atoms with Gasteiger partial charge in [-0.3, -0.25) is 0 Å². The second kappa shape index (κ2) is 4.80. The third kappa shape index (κ3) is 2.22. The van der Waals surface area contributed by atoms with Crippen molar-refractivity contribution in [2.24, 2.45) is 0 Å². The molecule has 0 amide bonds. The van der Waals surface area contributed by atoms with Crippen LogP contribution in [0.25, 0.3) is 0 Å². The number of aliphatic hydroxyl groups is 5. The molecule has 0 bridgehead atoms. The van der Waals surface area contributed by atoms with Crippen molar-refractivity contribution in [3.05, 3.63) is 0 Å². The molecule has 0 aromatic rings. The van der Waals surface area contributed by atoms with E-state index in [1.807, 2.05) is 0 Å². The third-order valence-electron chi connectivity index (χ3n) is 2.70. The molecule has 0 saturated carbocycles. The molecule has 1 heterocycles. The maximum Gasteiger partial charge on any atom is 0.500 e. The number of hydrogen-bond donors (Lipinski definition) is 5. The van der Waals surface area contributed by atoms with Gasteiger partial charge in [0.1, 0.15) is 18.3 Å². The molecular formula is C7H11F3O8S. The van der Waals surface area contributed by atoms with Gasteiger partial charge in [0.2, 0.25) is 6.29 Å². The average molecular weight is 312 g/mol. The summed E-state index contributed by atoms with van der Waals surface area (Å²) >= 11 is 0. The molecule has 5 N–H and O–H groups in total. The molecule has 0 aliphatic carbocycles. The molecule has 0 aromatic carbocycles. The molecule has 19 heavy (non-hydrogen) atoms. The van der Waals surface area contributed by atoms with E-state index < -0.39 is 51.5 Å². The zero-order chi connectivity index (χ0) is 15.2. The summed E-state index contributed by atoms with van der Waals surface area (Å²) in [6.07, 6.45) is -10.0. The third-order valence-corrected chi connectivity index (χ3v) is 4.61. The van der Waals surface area contributed by atoms with Crippen molar-refractivity contribution in [2.45, 2.75) is 35.0 Å². The molecule has 1 rings (SSSR count). The molecular weight excluding hydrogens is 301 g/mol. The van der Waals surface area contributed by atoms with Crippen molar-refractivity contribution in [3.63, 3.8) is 0 Å². The standard InChI is InChI=1S/C7H11F3O8S/c8-7(9,10)19(16,17)6(15)4(13)3(12)2(1-11)18-5(6)14/h2-5,11-15H,1H2/t2-,3+,4+,5+,6+/m1/s1. The number of halogens is 3. The molecule has 114 valence electrons. The summed E-state index contributed by atoms with van der Waals surface area (Å²) in [6.45, 7) is -1.03. The van der Waals surface area contributed by atoms with E-state index >= 15 is 0 Å². The fourth-order valence-electron chi connectivity index (χ4n) is 1.57. The predicted octanol–water partition coefficient (Wildman–Crippen LogP) is -2.96. The number of sulfone groups is 1. The summed E-state index contributed by atoms with van der Waals surface area (Å²) in [5.74, 6) is 0. The largest absolute Gasteiger partial charge is 0.500 e. The first kappa shape index (κ1) is 16.6. The van der Waals surface area contributed by atoms with Gasteiger partial charge >= 0.3 is 5.51 Å². The Balaban J connectivity index is 3.32. The van der Waals surface area contributed by atoms with E-state index in [-0.39, 0.29) is 0 Å². The molecule has 12 heteroatoms. The highest BCUT2D eigenvalue weighted by atomic mass is 32.2. The Hall–Kier alpha value is -0.500. The first-order valence-corrected chi connectivity index (χ1v) is 6.23. The van der Waals surface area contributed by atoms with Crippen molar-refractivity contribution in [1.82, 2.24) is 0 Å². The fourth-order valence-corrected chi connectivity index (χ4v) is 2.71. The van der Waals surface area contributed by atoms with Gasteiger partial charge in [-0.05, 0) is 0 Å². The van der Waals surface area contributed by atoms with Crippen LogP contribution in [0, 0.1) is 0 Å². The van der Waals surface area contributed by atoms with Gasteiger partial charge < -0.3 is 30.3 Å². The fraction of sp³-hybridized carbons (Fsp3) is 1.00. The van der Waals surface area contributed by atoms with Crippen LogP contribution < -0.4 is 0 Å². The Morgan fingerprint density at radius 2 is 1.68 bits per heavy atom. The lowest BCUT2D eigenvalue weighted by molar-refractivity contribution is -0.303. The average Bonchev–Trinajstić information content (AvgIpc) is 2.29. The van der Waals surface area contributed by atoms with Crippen LogP contribution in [0.1, 0.15) is 0 Å². The highest BCUT2D eigenvalue weighted by Crippen LogP contribution is 2.40. The molecule has 0 radical (unpaired) electrons. The highest BCUT2D eigenvalue weighted by Gasteiger charge is 2.70. The zero-order valence-electron chi connectivity index (χ0n) is 9.02. The Kier molecular flexibility index (Phi) is 4.18. The van der Waals surface area contributed by atoms with Crippen LogP contribution in [0.3, 0.4) is 0 Å². The van der Waals surface area contributed by atoms with Gasteiger partial charge in [0.15, 0.2) is 0 Å². The van der Waals surface area contributed by atoms with Crippen LogP contribution in [0.2, 0.25) is 0 Å². The highest BCUT2D eigenvalue weighted by molar-refractivity contribution is 7.93. The number of rotatable bonds is 2. The van der Waals surface area contributed by atoms with Gasteiger partial charge in [-0.1, -0.05) is 0 Å². The summed E-state index contributed by atoms with van der Waals surface area (Å²) in [7, 11) is -6.47. The summed E-state index contributed by atoms with van der Waals surface area (Å²) in [5.41, 5.74) is -6.00. The van der Waals surface area contributed by atoms with E-state index in [0.717, 1.165) is 0 Å². The molecule has 0 unspecified atom stereocenters. The van der Waals surface area contributed by atoms with Crippen LogP contribution >= 0.6 is 0 Å². The first-order chi connectivity index (χ1) is 8.41. The molecule has 5 atom stereocenters. The summed E-state index contributed by atoms with van der Waals surface area (Å²) in [5, 5.41) is 46.0. The van der Waals surface area contributed by atoms with Crippen molar-refractivity contribution in [1.29, 1.82) is 0 Å². The van der Waals surface area contributed by atoms with Gasteiger partial charge in [-0.15, -0.1) is 0 Å². The minimum atomic E-state index is -6.47. The van der Waals surface area contributed by atoms with E-state index in [1.165, 1.54) is 0 Å². The molecule has 1 fully saturated rings. The van der Waals surface area contributed by atoms with Crippen molar-refractivity contribution in [2.75, 3.05) is 6.61 Å². The maximum atomic E-state index is 12.4. The van der Waals surface area contributed by atoms with Crippen LogP contribution in [-0.2, 0) is 14.6 Å². The molecule has 0 aromatic heterocycles. The van der Waals surface area contributed by atoms with Gasteiger partial charge in [-0.25, -0.2) is 8.42 Å². The number of ether oxygens (including phenoxy) is 1. The molecule has 0 spiro atoms. The smallest absolute Gasteiger partial charge is 0.394 e. The van der Waals surface area contributed by atoms with Crippen LogP contribution in [-0.4, -0.2) is 75.6 Å².